The number of rotatable bonds is 4. The van der Waals surface area contributed by atoms with Crippen molar-refractivity contribution in [2.75, 3.05) is 18.9 Å². The molecule has 1 heterocycles. The Bertz CT molecular complexity index is 607. The molecule has 0 spiro atoms. The van der Waals surface area contributed by atoms with Crippen molar-refractivity contribution in [3.63, 3.8) is 0 Å². The van der Waals surface area contributed by atoms with Crippen molar-refractivity contribution in [1.29, 1.82) is 0 Å². The minimum Gasteiger partial charge on any atom is -0.396 e. The molecule has 1 aromatic carbocycles. The highest BCUT2D eigenvalue weighted by Gasteiger charge is 2.40. The van der Waals surface area contributed by atoms with E-state index >= 15 is 0 Å². The van der Waals surface area contributed by atoms with Gasteiger partial charge < -0.3 is 15.6 Å². The number of aliphatic hydroxyl groups is 1. The van der Waals surface area contributed by atoms with Gasteiger partial charge in [0, 0.05) is 19.6 Å². The van der Waals surface area contributed by atoms with Gasteiger partial charge in [0.2, 0.25) is 10.0 Å². The van der Waals surface area contributed by atoms with E-state index in [-0.39, 0.29) is 17.1 Å². The highest BCUT2D eigenvalue weighted by molar-refractivity contribution is 7.89. The molecule has 0 radical (unpaired) electrons. The first kappa shape index (κ1) is 15.2. The third-order valence-corrected chi connectivity index (χ3v) is 4.90. The van der Waals surface area contributed by atoms with Crippen LogP contribution in [0.3, 0.4) is 0 Å². The van der Waals surface area contributed by atoms with E-state index in [9.17, 15) is 17.9 Å². The first-order valence-corrected chi connectivity index (χ1v) is 7.62. The van der Waals surface area contributed by atoms with Crippen LogP contribution >= 0.6 is 0 Å². The molecule has 112 valence electrons. The summed E-state index contributed by atoms with van der Waals surface area (Å²) in [5, 5.41) is 10.2. The molecule has 1 saturated heterocycles. The number of nitrogens with one attached hydrogen (secondary N) is 1. The Labute approximate surface area is 116 Å². The van der Waals surface area contributed by atoms with Crippen LogP contribution < -0.4 is 10.5 Å². The van der Waals surface area contributed by atoms with Crippen LogP contribution in [0.2, 0.25) is 0 Å². The average molecular weight is 304 g/mol. The summed E-state index contributed by atoms with van der Waals surface area (Å²) in [6.07, 6.45) is -0.106. The molecule has 2 rings (SSSR count). The van der Waals surface area contributed by atoms with Gasteiger partial charge in [-0.25, -0.2) is 17.5 Å². The quantitative estimate of drug-likeness (QED) is 0.691. The van der Waals surface area contributed by atoms with Gasteiger partial charge in [0.1, 0.15) is 11.4 Å². The second-order valence-electron chi connectivity index (χ2n) is 4.87. The molecule has 1 aliphatic rings. The van der Waals surface area contributed by atoms with E-state index in [0.29, 0.717) is 13.0 Å². The summed E-state index contributed by atoms with van der Waals surface area (Å²) in [5.41, 5.74) is 3.86. The summed E-state index contributed by atoms with van der Waals surface area (Å²) in [4.78, 5) is -0.147. The molecule has 4 N–H and O–H groups in total. The van der Waals surface area contributed by atoms with Crippen LogP contribution in [-0.2, 0) is 14.8 Å². The Morgan fingerprint density at radius 1 is 1.60 bits per heavy atom. The van der Waals surface area contributed by atoms with Gasteiger partial charge >= 0.3 is 0 Å². The Kier molecular flexibility index (Phi) is 4.01. The van der Waals surface area contributed by atoms with Gasteiger partial charge in [-0.15, -0.1) is 0 Å². The van der Waals surface area contributed by atoms with Crippen LogP contribution in [0.1, 0.15) is 13.3 Å². The highest BCUT2D eigenvalue weighted by atomic mass is 32.2. The average Bonchev–Trinajstić information content (AvgIpc) is 2.71. The van der Waals surface area contributed by atoms with Crippen molar-refractivity contribution in [2.45, 2.75) is 29.9 Å². The number of halogens is 1. The number of nitrogens with two attached hydrogens (primary N) is 1. The molecule has 1 aromatic rings. The lowest BCUT2D eigenvalue weighted by Crippen LogP contribution is -2.47. The van der Waals surface area contributed by atoms with Crippen molar-refractivity contribution in [2.24, 2.45) is 0 Å². The molecule has 20 heavy (non-hydrogen) atoms. The number of sulfonamides is 1. The molecule has 0 bridgehead atoms. The van der Waals surface area contributed by atoms with Gasteiger partial charge in [0.15, 0.2) is 0 Å². The van der Waals surface area contributed by atoms with Crippen LogP contribution in [0.25, 0.3) is 0 Å². The highest BCUT2D eigenvalue weighted by Crippen LogP contribution is 2.25. The minimum atomic E-state index is -3.86. The molecule has 1 aliphatic heterocycles. The molecule has 2 atom stereocenters. The Morgan fingerprint density at radius 2 is 2.30 bits per heavy atom. The number of ether oxygens (including phenoxy) is 1. The predicted octanol–water partition coefficient (Wildman–Crippen LogP) is 0.226. The zero-order valence-corrected chi connectivity index (χ0v) is 11.8. The fraction of sp³-hybridized carbons (Fsp3) is 0.500. The summed E-state index contributed by atoms with van der Waals surface area (Å²) in [6, 6.07) is 3.14. The van der Waals surface area contributed by atoms with E-state index in [1.165, 1.54) is 0 Å². The Hall–Kier alpha value is -1.22. The topological polar surface area (TPSA) is 102 Å². The minimum absolute atomic E-state index is 0.147. The van der Waals surface area contributed by atoms with Crippen molar-refractivity contribution in [3.8, 4) is 0 Å². The number of hydrogen-bond acceptors (Lipinski definition) is 5. The number of benzene rings is 1. The van der Waals surface area contributed by atoms with E-state index in [2.05, 4.69) is 4.72 Å². The Balaban J connectivity index is 2.13. The molecule has 0 saturated carbocycles. The largest absolute Gasteiger partial charge is 0.396 e. The summed E-state index contributed by atoms with van der Waals surface area (Å²) in [6.45, 7) is 1.88. The lowest BCUT2D eigenvalue weighted by atomic mass is 9.97. The van der Waals surface area contributed by atoms with E-state index in [4.69, 9.17) is 10.5 Å². The maximum Gasteiger partial charge on any atom is 0.240 e. The van der Waals surface area contributed by atoms with Gasteiger partial charge in [-0.3, -0.25) is 0 Å². The lowest BCUT2D eigenvalue weighted by Gasteiger charge is -2.26. The molecular weight excluding hydrogens is 287 g/mol. The third kappa shape index (κ3) is 2.93. The van der Waals surface area contributed by atoms with Gasteiger partial charge in [-0.1, -0.05) is 0 Å². The summed E-state index contributed by atoms with van der Waals surface area (Å²) in [5.74, 6) is -0.680. The van der Waals surface area contributed by atoms with Crippen LogP contribution in [0.5, 0.6) is 0 Å². The fourth-order valence-electron chi connectivity index (χ4n) is 2.00. The van der Waals surface area contributed by atoms with Crippen LogP contribution in [0.15, 0.2) is 23.1 Å². The molecule has 0 aliphatic carbocycles. The van der Waals surface area contributed by atoms with Crippen molar-refractivity contribution < 1.29 is 22.7 Å². The predicted molar refractivity (Wildman–Crippen MR) is 71.0 cm³/mol. The van der Waals surface area contributed by atoms with Crippen LogP contribution in [0.4, 0.5) is 10.1 Å². The smallest absolute Gasteiger partial charge is 0.240 e. The molecule has 8 heteroatoms. The fourth-order valence-corrected chi connectivity index (χ4v) is 3.13. The maximum absolute atomic E-state index is 13.0. The molecule has 0 amide bonds. The standard InChI is InChI=1S/C12H17FN2O4S/c1-8-12(16,4-5-19-8)7-15-20(17,18)9-2-3-10(13)11(14)6-9/h2-3,6,8,15-16H,4-5,7,14H2,1H3. The number of hydrogen-bond donors (Lipinski definition) is 3. The second kappa shape index (κ2) is 5.28. The molecule has 0 aromatic heterocycles. The van der Waals surface area contributed by atoms with Crippen molar-refractivity contribution >= 4 is 15.7 Å². The Morgan fingerprint density at radius 3 is 2.85 bits per heavy atom. The summed E-state index contributed by atoms with van der Waals surface area (Å²) in [7, 11) is -3.86. The van der Waals surface area contributed by atoms with E-state index in [1.807, 2.05) is 0 Å². The summed E-state index contributed by atoms with van der Waals surface area (Å²) >= 11 is 0. The summed E-state index contributed by atoms with van der Waals surface area (Å²) < 4.78 is 44.7. The monoisotopic (exact) mass is 304 g/mol. The van der Waals surface area contributed by atoms with Crippen LogP contribution in [-0.4, -0.2) is 38.4 Å². The van der Waals surface area contributed by atoms with Gasteiger partial charge in [0.25, 0.3) is 0 Å². The third-order valence-electron chi connectivity index (χ3n) is 3.51. The molecule has 1 fully saturated rings. The van der Waals surface area contributed by atoms with E-state index < -0.39 is 27.5 Å². The molecular formula is C12H17FN2O4S. The zero-order valence-electron chi connectivity index (χ0n) is 11.0. The van der Waals surface area contributed by atoms with Gasteiger partial charge in [0.05, 0.1) is 16.7 Å². The second-order valence-corrected chi connectivity index (χ2v) is 6.64. The lowest BCUT2D eigenvalue weighted by molar-refractivity contribution is -0.0228. The number of anilines is 1. The normalized spacial score (nSPS) is 26.9. The van der Waals surface area contributed by atoms with Gasteiger partial charge in [-0.05, 0) is 25.1 Å². The SMILES string of the molecule is CC1OCCC1(O)CNS(=O)(=O)c1ccc(F)c(N)c1. The first-order chi connectivity index (χ1) is 9.24. The maximum atomic E-state index is 13.0. The number of nitrogen functional groups attached to an aromatic ring is 1. The van der Waals surface area contributed by atoms with Crippen LogP contribution in [0, 0.1) is 5.82 Å². The van der Waals surface area contributed by atoms with E-state index in [0.717, 1.165) is 18.2 Å². The first-order valence-electron chi connectivity index (χ1n) is 6.13. The van der Waals surface area contributed by atoms with Crippen molar-refractivity contribution in [1.82, 2.24) is 4.72 Å². The molecule has 6 nitrogen and oxygen atoms in total. The zero-order chi connectivity index (χ0) is 15.0. The molecule has 2 unspecified atom stereocenters. The van der Waals surface area contributed by atoms with Gasteiger partial charge in [-0.2, -0.15) is 0 Å². The van der Waals surface area contributed by atoms with Crippen molar-refractivity contribution in [3.05, 3.63) is 24.0 Å². The van der Waals surface area contributed by atoms with E-state index in [1.54, 1.807) is 6.92 Å².